The van der Waals surface area contributed by atoms with E-state index >= 15 is 0 Å². The summed E-state index contributed by atoms with van der Waals surface area (Å²) in [6.45, 7) is 1.83. The first kappa shape index (κ1) is 31.9. The van der Waals surface area contributed by atoms with Crippen LogP contribution in [0.5, 0.6) is 0 Å². The first-order valence-corrected chi connectivity index (χ1v) is 15.1. The molecule has 4 amide bonds. The molecule has 1 fully saturated rings. The predicted molar refractivity (Wildman–Crippen MR) is 162 cm³/mol. The van der Waals surface area contributed by atoms with Gasteiger partial charge in [-0.3, -0.25) is 19.2 Å². The van der Waals surface area contributed by atoms with Crippen molar-refractivity contribution in [2.75, 3.05) is 20.1 Å². The van der Waals surface area contributed by atoms with Gasteiger partial charge in [-0.05, 0) is 62.4 Å². The maximum atomic E-state index is 13.7. The molecule has 1 heterocycles. The van der Waals surface area contributed by atoms with Gasteiger partial charge >= 0.3 is 0 Å². The van der Waals surface area contributed by atoms with Crippen LogP contribution in [0.4, 0.5) is 4.39 Å². The maximum absolute atomic E-state index is 13.7. The van der Waals surface area contributed by atoms with Gasteiger partial charge in [-0.2, -0.15) is 0 Å². The number of nitrogens with one attached hydrogen (secondary N) is 3. The Labute approximate surface area is 252 Å². The van der Waals surface area contributed by atoms with Crippen LogP contribution < -0.4 is 16.0 Å². The summed E-state index contributed by atoms with van der Waals surface area (Å²) in [6, 6.07) is 13.6. The number of hydrogen-bond acceptors (Lipinski definition) is 5. The van der Waals surface area contributed by atoms with Crippen LogP contribution in [0.1, 0.15) is 50.2 Å². The number of nitrogens with zero attached hydrogens (tertiary/aromatic N) is 2. The molecular weight excluding hydrogens is 549 g/mol. The van der Waals surface area contributed by atoms with E-state index in [2.05, 4.69) is 16.0 Å². The molecule has 0 aromatic heterocycles. The number of amides is 4. The smallest absolute Gasteiger partial charge is 0.250 e. The Balaban J connectivity index is 1.47. The standard InChI is InChI=1S/C33H42FN5O4/c1-23(35-2)31(41)37-30(26-11-7-4-8-12-26)32(42)36-22-29(40)39-20-19-38(18-17-24-9-5-3-6-10-24)33(43)28(39)21-25-13-15-27(34)16-14-25/h3,5-6,9-10,13-16,19-20,23,26,28,30,35H,4,7-8,11-12,17-18,21-22H2,1-2H3,(H,36,42)(H,37,41)/t23-,28-,30-/m0/s1. The van der Waals surface area contributed by atoms with E-state index in [1.54, 1.807) is 43.4 Å². The van der Waals surface area contributed by atoms with Crippen LogP contribution in [0.3, 0.4) is 0 Å². The molecule has 4 rings (SSSR count). The second-order valence-corrected chi connectivity index (χ2v) is 11.3. The van der Waals surface area contributed by atoms with Crippen molar-refractivity contribution in [1.29, 1.82) is 0 Å². The molecule has 3 atom stereocenters. The monoisotopic (exact) mass is 591 g/mol. The highest BCUT2D eigenvalue weighted by Gasteiger charge is 2.36. The Bertz CT molecular complexity index is 1280. The Morgan fingerprint density at radius 1 is 0.930 bits per heavy atom. The van der Waals surface area contributed by atoms with Crippen molar-refractivity contribution < 1.29 is 23.6 Å². The molecule has 43 heavy (non-hydrogen) atoms. The van der Waals surface area contributed by atoms with Gasteiger partial charge in [0.05, 0.1) is 12.6 Å². The quantitative estimate of drug-likeness (QED) is 0.352. The summed E-state index contributed by atoms with van der Waals surface area (Å²) < 4.78 is 13.6. The Hall–Kier alpha value is -4.05. The van der Waals surface area contributed by atoms with Crippen molar-refractivity contribution in [3.63, 3.8) is 0 Å². The minimum atomic E-state index is -0.860. The lowest BCUT2D eigenvalue weighted by Gasteiger charge is -2.36. The number of hydrogen-bond donors (Lipinski definition) is 3. The molecule has 230 valence electrons. The highest BCUT2D eigenvalue weighted by Crippen LogP contribution is 2.27. The first-order valence-electron chi connectivity index (χ1n) is 15.1. The zero-order valence-electron chi connectivity index (χ0n) is 24.9. The minimum absolute atomic E-state index is 0.0160. The van der Waals surface area contributed by atoms with E-state index in [0.29, 0.717) is 18.5 Å². The fraction of sp³-hybridized carbons (Fsp3) is 0.455. The van der Waals surface area contributed by atoms with E-state index in [1.807, 2.05) is 30.3 Å². The summed E-state index contributed by atoms with van der Waals surface area (Å²) in [4.78, 5) is 56.1. The predicted octanol–water partition coefficient (Wildman–Crippen LogP) is 2.91. The first-order chi connectivity index (χ1) is 20.8. The Morgan fingerprint density at radius 2 is 1.63 bits per heavy atom. The van der Waals surface area contributed by atoms with Gasteiger partial charge in [0.1, 0.15) is 17.9 Å². The maximum Gasteiger partial charge on any atom is 0.250 e. The fourth-order valence-corrected chi connectivity index (χ4v) is 5.64. The highest BCUT2D eigenvalue weighted by molar-refractivity contribution is 5.94. The number of rotatable bonds is 12. The number of benzene rings is 2. The van der Waals surface area contributed by atoms with Crippen LogP contribution in [0.25, 0.3) is 0 Å². The molecule has 3 N–H and O–H groups in total. The van der Waals surface area contributed by atoms with Crippen LogP contribution in [0, 0.1) is 11.7 Å². The average molecular weight is 592 g/mol. The zero-order chi connectivity index (χ0) is 30.8. The van der Waals surface area contributed by atoms with Crippen molar-refractivity contribution in [2.45, 2.75) is 70.0 Å². The molecule has 10 heteroatoms. The van der Waals surface area contributed by atoms with Crippen LogP contribution in [-0.4, -0.2) is 71.7 Å². The summed E-state index contributed by atoms with van der Waals surface area (Å²) in [5.41, 5.74) is 1.79. The Kier molecular flexibility index (Phi) is 11.4. The lowest BCUT2D eigenvalue weighted by molar-refractivity contribution is -0.143. The average Bonchev–Trinajstić information content (AvgIpc) is 3.04. The molecule has 0 bridgehead atoms. The fourth-order valence-electron chi connectivity index (χ4n) is 5.64. The van der Waals surface area contributed by atoms with Gasteiger partial charge in [0.25, 0.3) is 0 Å². The minimum Gasteiger partial charge on any atom is -0.345 e. The lowest BCUT2D eigenvalue weighted by atomic mass is 9.83. The number of halogens is 1. The van der Waals surface area contributed by atoms with Gasteiger partial charge in [0.2, 0.25) is 23.6 Å². The number of carbonyl (C=O) groups is 4. The molecule has 2 aromatic rings. The summed E-state index contributed by atoms with van der Waals surface area (Å²) in [6.07, 6.45) is 8.70. The molecule has 2 aliphatic rings. The molecule has 2 aromatic carbocycles. The third-order valence-electron chi connectivity index (χ3n) is 8.37. The van der Waals surface area contributed by atoms with Gasteiger partial charge < -0.3 is 25.8 Å². The summed E-state index contributed by atoms with van der Waals surface area (Å²) in [7, 11) is 1.68. The molecule has 0 unspecified atom stereocenters. The molecule has 0 spiro atoms. The van der Waals surface area contributed by atoms with Crippen molar-refractivity contribution in [1.82, 2.24) is 25.8 Å². The van der Waals surface area contributed by atoms with Crippen LogP contribution >= 0.6 is 0 Å². The van der Waals surface area contributed by atoms with Crippen molar-refractivity contribution in [2.24, 2.45) is 5.92 Å². The van der Waals surface area contributed by atoms with E-state index in [-0.39, 0.29) is 36.5 Å². The zero-order valence-corrected chi connectivity index (χ0v) is 24.9. The summed E-state index contributed by atoms with van der Waals surface area (Å²) in [5.74, 6) is -1.80. The molecule has 0 radical (unpaired) electrons. The van der Waals surface area contributed by atoms with E-state index in [4.69, 9.17) is 0 Å². The lowest BCUT2D eigenvalue weighted by Crippen LogP contribution is -2.57. The van der Waals surface area contributed by atoms with Crippen LogP contribution in [-0.2, 0) is 32.0 Å². The normalized spacial score (nSPS) is 18.7. The molecule has 1 saturated carbocycles. The molecule has 1 aliphatic heterocycles. The molecular formula is C33H42FN5O4. The molecule has 0 saturated heterocycles. The van der Waals surface area contributed by atoms with Gasteiger partial charge in [0, 0.05) is 25.4 Å². The highest BCUT2D eigenvalue weighted by atomic mass is 19.1. The Morgan fingerprint density at radius 3 is 2.30 bits per heavy atom. The van der Waals surface area contributed by atoms with Gasteiger partial charge in [-0.25, -0.2) is 4.39 Å². The summed E-state index contributed by atoms with van der Waals surface area (Å²) in [5, 5.41) is 8.50. The molecule has 1 aliphatic carbocycles. The number of carbonyl (C=O) groups excluding carboxylic acids is 4. The van der Waals surface area contributed by atoms with Gasteiger partial charge in [-0.1, -0.05) is 61.7 Å². The molecule has 9 nitrogen and oxygen atoms in total. The van der Waals surface area contributed by atoms with E-state index in [1.165, 1.54) is 17.0 Å². The number of likely N-dealkylation sites (N-methyl/N-ethyl adjacent to an activating group) is 1. The van der Waals surface area contributed by atoms with Crippen molar-refractivity contribution >= 4 is 23.6 Å². The van der Waals surface area contributed by atoms with E-state index in [0.717, 1.165) is 37.7 Å². The second kappa shape index (κ2) is 15.4. The van der Waals surface area contributed by atoms with Gasteiger partial charge in [-0.15, -0.1) is 0 Å². The second-order valence-electron chi connectivity index (χ2n) is 11.3. The topological polar surface area (TPSA) is 111 Å². The van der Waals surface area contributed by atoms with Crippen molar-refractivity contribution in [3.8, 4) is 0 Å². The van der Waals surface area contributed by atoms with Crippen LogP contribution in [0.2, 0.25) is 0 Å². The van der Waals surface area contributed by atoms with Crippen molar-refractivity contribution in [3.05, 3.63) is 83.9 Å². The van der Waals surface area contributed by atoms with Crippen LogP contribution in [0.15, 0.2) is 67.0 Å². The largest absolute Gasteiger partial charge is 0.345 e. The third kappa shape index (κ3) is 8.73. The third-order valence-corrected chi connectivity index (χ3v) is 8.37. The summed E-state index contributed by atoms with van der Waals surface area (Å²) >= 11 is 0. The van der Waals surface area contributed by atoms with E-state index < -0.39 is 29.9 Å². The van der Waals surface area contributed by atoms with E-state index in [9.17, 15) is 23.6 Å². The SMILES string of the molecule is CN[C@@H](C)C(=O)N[C@H](C(=O)NCC(=O)N1C=CN(CCc2ccccc2)C(=O)[C@@H]1Cc1ccc(F)cc1)C1CCCCC1. The van der Waals surface area contributed by atoms with Gasteiger partial charge in [0.15, 0.2) is 0 Å².